The molecule has 1 atom stereocenters. The largest absolute Gasteiger partial charge is 0.350 e. The smallest absolute Gasteiger partial charge is 0.279 e. The minimum Gasteiger partial charge on any atom is -0.350 e. The second-order valence-electron chi connectivity index (χ2n) is 4.70. The number of aromatic nitrogens is 1. The Hall–Kier alpha value is -2.08. The number of hydrogen-bond acceptors (Lipinski definition) is 4. The van der Waals surface area contributed by atoms with E-state index in [4.69, 9.17) is 0 Å². The molecule has 6 heteroatoms. The van der Waals surface area contributed by atoms with Gasteiger partial charge in [-0.05, 0) is 30.4 Å². The Morgan fingerprint density at radius 1 is 1.48 bits per heavy atom. The minimum absolute atomic E-state index is 0.221. The van der Waals surface area contributed by atoms with E-state index in [0.29, 0.717) is 11.8 Å². The van der Waals surface area contributed by atoms with Gasteiger partial charge >= 0.3 is 0 Å². The Morgan fingerprint density at radius 3 is 2.90 bits per heavy atom. The number of hydrogen-bond donors (Lipinski definition) is 2. The summed E-state index contributed by atoms with van der Waals surface area (Å²) in [6, 6.07) is 7.52. The van der Waals surface area contributed by atoms with Gasteiger partial charge in [0.25, 0.3) is 10.8 Å². The molecular formula is C15H16N2O3S. The molecule has 21 heavy (non-hydrogen) atoms. The number of benzene rings is 1. The molecule has 5 nitrogen and oxygen atoms in total. The van der Waals surface area contributed by atoms with Crippen LogP contribution in [0.2, 0.25) is 0 Å². The lowest BCUT2D eigenvalue weighted by Crippen LogP contribution is -2.22. The predicted molar refractivity (Wildman–Crippen MR) is 84.9 cm³/mol. The van der Waals surface area contributed by atoms with Crippen LogP contribution in [0, 0.1) is 6.92 Å². The van der Waals surface area contributed by atoms with Crippen LogP contribution in [-0.2, 0) is 11.2 Å². The van der Waals surface area contributed by atoms with Crippen LogP contribution in [0.25, 0.3) is 10.9 Å². The van der Waals surface area contributed by atoms with Crippen molar-refractivity contribution in [2.75, 3.05) is 7.05 Å². The van der Waals surface area contributed by atoms with Crippen molar-refractivity contribution in [2.45, 2.75) is 18.6 Å². The van der Waals surface area contributed by atoms with E-state index in [2.05, 4.69) is 10.3 Å². The van der Waals surface area contributed by atoms with Crippen LogP contribution in [0.5, 0.6) is 0 Å². The average Bonchev–Trinajstić information content (AvgIpc) is 2.48. The zero-order chi connectivity index (χ0) is 15.4. The van der Waals surface area contributed by atoms with Gasteiger partial charge in [-0.1, -0.05) is 30.0 Å². The molecule has 0 aliphatic rings. The number of aldehydes is 1. The van der Waals surface area contributed by atoms with Gasteiger partial charge in [0.15, 0.2) is 0 Å². The van der Waals surface area contributed by atoms with Crippen molar-refractivity contribution in [1.82, 2.24) is 10.3 Å². The highest BCUT2D eigenvalue weighted by atomic mass is 32.2. The lowest BCUT2D eigenvalue weighted by atomic mass is 10.1. The first kappa shape index (κ1) is 15.3. The van der Waals surface area contributed by atoms with E-state index in [1.165, 1.54) is 7.05 Å². The summed E-state index contributed by atoms with van der Waals surface area (Å²) in [5.74, 6) is 0. The Morgan fingerprint density at radius 2 is 2.24 bits per heavy atom. The normalized spacial score (nSPS) is 12.1. The quantitative estimate of drug-likeness (QED) is 0.847. The summed E-state index contributed by atoms with van der Waals surface area (Å²) in [5.41, 5.74) is 2.07. The summed E-state index contributed by atoms with van der Waals surface area (Å²) in [6.07, 6.45) is 0.917. The SMILES string of the molecule is CNC(=O)SC(C=O)Cc1cc2cccc(C)c2[nH]c1=O. The van der Waals surface area contributed by atoms with Gasteiger partial charge in [-0.15, -0.1) is 0 Å². The van der Waals surface area contributed by atoms with Gasteiger partial charge in [-0.3, -0.25) is 9.59 Å². The molecule has 2 rings (SSSR count). The fraction of sp³-hybridized carbons (Fsp3) is 0.267. The van der Waals surface area contributed by atoms with Crippen molar-refractivity contribution in [2.24, 2.45) is 0 Å². The zero-order valence-electron chi connectivity index (χ0n) is 11.8. The average molecular weight is 304 g/mol. The molecule has 0 aliphatic heterocycles. The monoisotopic (exact) mass is 304 g/mol. The molecule has 0 radical (unpaired) electrons. The molecule has 0 spiro atoms. The Kier molecular flexibility index (Phi) is 4.80. The molecule has 1 unspecified atom stereocenters. The Balaban J connectivity index is 2.33. The number of rotatable bonds is 4. The first-order valence-corrected chi connectivity index (χ1v) is 7.38. The topological polar surface area (TPSA) is 79.0 Å². The number of aryl methyl sites for hydroxylation is 1. The molecule has 1 heterocycles. The van der Waals surface area contributed by atoms with Crippen LogP contribution in [0.1, 0.15) is 11.1 Å². The van der Waals surface area contributed by atoms with Gasteiger partial charge in [-0.2, -0.15) is 0 Å². The first-order valence-electron chi connectivity index (χ1n) is 6.50. The van der Waals surface area contributed by atoms with Crippen molar-refractivity contribution in [3.63, 3.8) is 0 Å². The fourth-order valence-corrected chi connectivity index (χ4v) is 2.82. The standard InChI is InChI=1S/C15H16N2O3S/c1-9-4-3-5-10-6-11(14(19)17-13(9)10)7-12(8-18)21-15(20)16-2/h3-6,8,12H,7H2,1-2H3,(H,16,20)(H,17,19). The van der Waals surface area contributed by atoms with Gasteiger partial charge in [0, 0.05) is 12.6 Å². The maximum Gasteiger partial charge on any atom is 0.279 e. The van der Waals surface area contributed by atoms with Gasteiger partial charge < -0.3 is 15.1 Å². The number of amides is 1. The lowest BCUT2D eigenvalue weighted by molar-refractivity contribution is -0.107. The van der Waals surface area contributed by atoms with Crippen molar-refractivity contribution in [1.29, 1.82) is 0 Å². The van der Waals surface area contributed by atoms with Crippen molar-refractivity contribution >= 4 is 34.2 Å². The second kappa shape index (κ2) is 6.58. The number of carbonyl (C=O) groups excluding carboxylic acids is 2. The van der Waals surface area contributed by atoms with Crippen LogP contribution in [0.4, 0.5) is 4.79 Å². The first-order chi connectivity index (χ1) is 10.0. The summed E-state index contributed by atoms with van der Waals surface area (Å²) in [6.45, 7) is 1.92. The van der Waals surface area contributed by atoms with Gasteiger partial charge in [-0.25, -0.2) is 0 Å². The molecule has 2 aromatic rings. The summed E-state index contributed by atoms with van der Waals surface area (Å²) in [5, 5.41) is 2.50. The molecule has 1 aromatic heterocycles. The van der Waals surface area contributed by atoms with Crippen LogP contribution in [-0.4, -0.2) is 28.8 Å². The Labute approximate surface area is 126 Å². The highest BCUT2D eigenvalue weighted by Crippen LogP contribution is 2.18. The number of thioether (sulfide) groups is 1. The molecule has 0 aliphatic carbocycles. The highest BCUT2D eigenvalue weighted by molar-refractivity contribution is 8.14. The maximum atomic E-state index is 12.1. The summed E-state index contributed by atoms with van der Waals surface area (Å²) in [4.78, 5) is 37.3. The van der Waals surface area contributed by atoms with Gasteiger partial charge in [0.2, 0.25) is 0 Å². The van der Waals surface area contributed by atoms with E-state index in [1.807, 2.05) is 25.1 Å². The molecule has 1 aromatic carbocycles. The number of para-hydroxylation sites is 1. The summed E-state index contributed by atoms with van der Waals surface area (Å²) in [7, 11) is 1.50. The molecular weight excluding hydrogens is 288 g/mol. The van der Waals surface area contributed by atoms with E-state index < -0.39 is 5.25 Å². The van der Waals surface area contributed by atoms with E-state index in [-0.39, 0.29) is 17.2 Å². The number of carbonyl (C=O) groups is 2. The number of nitrogens with one attached hydrogen (secondary N) is 2. The fourth-order valence-electron chi connectivity index (χ4n) is 2.11. The van der Waals surface area contributed by atoms with Crippen LogP contribution >= 0.6 is 11.8 Å². The second-order valence-corrected chi connectivity index (χ2v) is 5.91. The maximum absolute atomic E-state index is 12.1. The Bertz CT molecular complexity index is 739. The van der Waals surface area contributed by atoms with Gasteiger partial charge in [0.05, 0.1) is 10.8 Å². The zero-order valence-corrected chi connectivity index (χ0v) is 12.6. The third-order valence-electron chi connectivity index (χ3n) is 3.20. The van der Waals surface area contributed by atoms with Crippen molar-refractivity contribution < 1.29 is 9.59 Å². The lowest BCUT2D eigenvalue weighted by Gasteiger charge is -2.09. The molecule has 0 saturated carbocycles. The van der Waals surface area contributed by atoms with E-state index >= 15 is 0 Å². The number of fused-ring (bicyclic) bond motifs is 1. The van der Waals surface area contributed by atoms with Crippen molar-refractivity contribution in [3.05, 3.63) is 45.7 Å². The van der Waals surface area contributed by atoms with E-state index in [9.17, 15) is 14.4 Å². The summed E-state index contributed by atoms with van der Waals surface area (Å²) < 4.78 is 0. The van der Waals surface area contributed by atoms with E-state index in [0.717, 1.165) is 28.2 Å². The minimum atomic E-state index is -0.576. The third-order valence-corrected chi connectivity index (χ3v) is 4.20. The molecule has 110 valence electrons. The third kappa shape index (κ3) is 3.52. The van der Waals surface area contributed by atoms with Crippen LogP contribution in [0.15, 0.2) is 29.1 Å². The number of aromatic amines is 1. The van der Waals surface area contributed by atoms with Crippen molar-refractivity contribution in [3.8, 4) is 0 Å². The number of H-pyrrole nitrogens is 1. The van der Waals surface area contributed by atoms with Crippen LogP contribution in [0.3, 0.4) is 0 Å². The predicted octanol–water partition coefficient (Wildman–Crippen LogP) is 2.02. The molecule has 1 amide bonds. The molecule has 2 N–H and O–H groups in total. The van der Waals surface area contributed by atoms with E-state index in [1.54, 1.807) is 6.07 Å². The van der Waals surface area contributed by atoms with Gasteiger partial charge in [0.1, 0.15) is 6.29 Å². The highest BCUT2D eigenvalue weighted by Gasteiger charge is 2.16. The molecule has 0 saturated heterocycles. The molecule has 0 bridgehead atoms. The molecule has 0 fully saturated rings. The van der Waals surface area contributed by atoms with Crippen LogP contribution < -0.4 is 10.9 Å². The summed E-state index contributed by atoms with van der Waals surface area (Å²) >= 11 is 0.886. The number of pyridine rings is 1.